The molecule has 160 valence electrons. The third kappa shape index (κ3) is 5.25. The van der Waals surface area contributed by atoms with Gasteiger partial charge in [-0.05, 0) is 49.6 Å². The first kappa shape index (κ1) is 22.0. The largest absolute Gasteiger partial charge is 0.378 e. The summed E-state index contributed by atoms with van der Waals surface area (Å²) in [4.78, 5) is 14.7. The van der Waals surface area contributed by atoms with Gasteiger partial charge in [-0.1, -0.05) is 29.8 Å². The minimum Gasteiger partial charge on any atom is -0.378 e. The molecule has 1 heterocycles. The molecule has 30 heavy (non-hydrogen) atoms. The highest BCUT2D eigenvalue weighted by Crippen LogP contribution is 2.24. The molecule has 1 saturated heterocycles. The van der Waals surface area contributed by atoms with Crippen molar-refractivity contribution in [1.82, 2.24) is 9.73 Å². The SMILES string of the molecule is Cc1ccc(S(=O)(=O)N2CCC(C(=O)NN=Cc3ccc(N(C)C)cc3)CC2)cc1. The smallest absolute Gasteiger partial charge is 0.243 e. The predicted molar refractivity (Wildman–Crippen MR) is 119 cm³/mol. The first-order valence-corrected chi connectivity index (χ1v) is 11.4. The third-order valence-electron chi connectivity index (χ3n) is 5.28. The van der Waals surface area contributed by atoms with Crippen LogP contribution < -0.4 is 10.3 Å². The monoisotopic (exact) mass is 428 g/mol. The Labute approximate surface area is 178 Å². The van der Waals surface area contributed by atoms with E-state index in [1.54, 1.807) is 30.5 Å². The van der Waals surface area contributed by atoms with Crippen LogP contribution >= 0.6 is 0 Å². The Balaban J connectivity index is 1.52. The lowest BCUT2D eigenvalue weighted by molar-refractivity contribution is -0.126. The minimum absolute atomic E-state index is 0.177. The maximum Gasteiger partial charge on any atom is 0.243 e. The van der Waals surface area contributed by atoms with Gasteiger partial charge >= 0.3 is 0 Å². The van der Waals surface area contributed by atoms with Gasteiger partial charge in [-0.15, -0.1) is 0 Å². The second kappa shape index (κ2) is 9.40. The van der Waals surface area contributed by atoms with E-state index in [0.29, 0.717) is 30.8 Å². The van der Waals surface area contributed by atoms with Crippen molar-refractivity contribution >= 4 is 27.8 Å². The fourth-order valence-electron chi connectivity index (χ4n) is 3.34. The molecule has 1 amide bonds. The lowest BCUT2D eigenvalue weighted by Crippen LogP contribution is -2.42. The van der Waals surface area contributed by atoms with Gasteiger partial charge in [0.1, 0.15) is 0 Å². The summed E-state index contributed by atoms with van der Waals surface area (Å²) < 4.78 is 27.0. The second-order valence-electron chi connectivity index (χ2n) is 7.71. The van der Waals surface area contributed by atoms with E-state index in [9.17, 15) is 13.2 Å². The van der Waals surface area contributed by atoms with E-state index in [1.807, 2.05) is 50.2 Å². The highest BCUT2D eigenvalue weighted by Gasteiger charge is 2.31. The molecule has 0 saturated carbocycles. The van der Waals surface area contributed by atoms with E-state index in [2.05, 4.69) is 10.5 Å². The van der Waals surface area contributed by atoms with Gasteiger partial charge in [-0.2, -0.15) is 9.41 Å². The summed E-state index contributed by atoms with van der Waals surface area (Å²) in [6.07, 6.45) is 2.56. The molecule has 0 atom stereocenters. The molecule has 0 bridgehead atoms. The van der Waals surface area contributed by atoms with Crippen LogP contribution in [0.2, 0.25) is 0 Å². The Kier molecular flexibility index (Phi) is 6.89. The zero-order valence-electron chi connectivity index (χ0n) is 17.6. The molecule has 1 fully saturated rings. The number of piperidine rings is 1. The van der Waals surface area contributed by atoms with Crippen molar-refractivity contribution in [3.8, 4) is 0 Å². The van der Waals surface area contributed by atoms with Gasteiger partial charge in [0.15, 0.2) is 0 Å². The molecule has 0 aromatic heterocycles. The van der Waals surface area contributed by atoms with E-state index in [-0.39, 0.29) is 11.8 Å². The van der Waals surface area contributed by atoms with Crippen molar-refractivity contribution in [3.63, 3.8) is 0 Å². The number of hydrazone groups is 1. The van der Waals surface area contributed by atoms with Crippen molar-refractivity contribution < 1.29 is 13.2 Å². The van der Waals surface area contributed by atoms with Gasteiger partial charge in [0.25, 0.3) is 0 Å². The Morgan fingerprint density at radius 1 is 1.07 bits per heavy atom. The fourth-order valence-corrected chi connectivity index (χ4v) is 4.81. The number of hydrogen-bond donors (Lipinski definition) is 1. The molecule has 7 nitrogen and oxygen atoms in total. The molecule has 3 rings (SSSR count). The highest BCUT2D eigenvalue weighted by molar-refractivity contribution is 7.89. The summed E-state index contributed by atoms with van der Waals surface area (Å²) in [6.45, 7) is 2.57. The number of amides is 1. The quantitative estimate of drug-likeness (QED) is 0.566. The Morgan fingerprint density at radius 2 is 1.67 bits per heavy atom. The average molecular weight is 429 g/mol. The molecule has 1 aliphatic rings. The average Bonchev–Trinajstić information content (AvgIpc) is 2.74. The number of aryl methyl sites for hydroxylation is 1. The normalized spacial score (nSPS) is 16.0. The fraction of sp³-hybridized carbons (Fsp3) is 0.364. The van der Waals surface area contributed by atoms with Gasteiger partial charge in [-0.25, -0.2) is 13.8 Å². The first-order chi connectivity index (χ1) is 14.3. The van der Waals surface area contributed by atoms with Crippen LogP contribution in [0.5, 0.6) is 0 Å². The Morgan fingerprint density at radius 3 is 2.23 bits per heavy atom. The Bertz CT molecular complexity index is 992. The van der Waals surface area contributed by atoms with E-state index in [0.717, 1.165) is 16.8 Å². The highest BCUT2D eigenvalue weighted by atomic mass is 32.2. The van der Waals surface area contributed by atoms with Crippen molar-refractivity contribution in [1.29, 1.82) is 0 Å². The molecule has 0 unspecified atom stereocenters. The second-order valence-corrected chi connectivity index (χ2v) is 9.65. The van der Waals surface area contributed by atoms with Crippen molar-refractivity contribution in [2.75, 3.05) is 32.1 Å². The van der Waals surface area contributed by atoms with E-state index < -0.39 is 10.0 Å². The maximum atomic E-state index is 12.8. The van der Waals surface area contributed by atoms with Crippen LogP contribution in [0.1, 0.15) is 24.0 Å². The van der Waals surface area contributed by atoms with Crippen LogP contribution in [-0.2, 0) is 14.8 Å². The van der Waals surface area contributed by atoms with Crippen molar-refractivity contribution in [3.05, 3.63) is 59.7 Å². The minimum atomic E-state index is -3.52. The van der Waals surface area contributed by atoms with Gasteiger partial charge in [0.05, 0.1) is 11.1 Å². The van der Waals surface area contributed by atoms with Crippen LogP contribution in [0.4, 0.5) is 5.69 Å². The number of nitrogens with one attached hydrogen (secondary N) is 1. The Hall–Kier alpha value is -2.71. The standard InChI is InChI=1S/C22H28N4O3S/c1-17-4-10-21(11-5-17)30(28,29)26-14-12-19(13-15-26)22(27)24-23-16-18-6-8-20(9-7-18)25(2)3/h4-11,16,19H,12-15H2,1-3H3,(H,24,27). The van der Waals surface area contributed by atoms with Crippen LogP contribution in [0, 0.1) is 12.8 Å². The third-order valence-corrected chi connectivity index (χ3v) is 7.19. The van der Waals surface area contributed by atoms with Gasteiger partial charge in [0, 0.05) is 38.8 Å². The molecule has 0 aliphatic carbocycles. The molecular formula is C22H28N4O3S. The maximum absolute atomic E-state index is 12.8. The molecule has 0 radical (unpaired) electrons. The summed E-state index contributed by atoms with van der Waals surface area (Å²) in [6, 6.07) is 14.7. The number of anilines is 1. The molecule has 0 spiro atoms. The zero-order valence-corrected chi connectivity index (χ0v) is 18.4. The topological polar surface area (TPSA) is 82.1 Å². The van der Waals surface area contributed by atoms with Gasteiger partial charge in [0.2, 0.25) is 15.9 Å². The number of rotatable bonds is 6. The number of nitrogens with zero attached hydrogens (tertiary/aromatic N) is 3. The van der Waals surface area contributed by atoms with E-state index in [4.69, 9.17) is 0 Å². The number of benzene rings is 2. The number of carbonyl (C=O) groups excluding carboxylic acids is 1. The van der Waals surface area contributed by atoms with Gasteiger partial charge in [-0.3, -0.25) is 4.79 Å². The van der Waals surface area contributed by atoms with Crippen LogP contribution in [0.25, 0.3) is 0 Å². The number of sulfonamides is 1. The van der Waals surface area contributed by atoms with Crippen molar-refractivity contribution in [2.45, 2.75) is 24.7 Å². The van der Waals surface area contributed by atoms with Crippen LogP contribution in [-0.4, -0.2) is 52.0 Å². The molecular weight excluding hydrogens is 400 g/mol. The summed E-state index contributed by atoms with van der Waals surface area (Å²) in [7, 11) is 0.424. The van der Waals surface area contributed by atoms with E-state index in [1.165, 1.54) is 4.31 Å². The van der Waals surface area contributed by atoms with Gasteiger partial charge < -0.3 is 4.90 Å². The zero-order chi connectivity index (χ0) is 21.7. The predicted octanol–water partition coefficient (Wildman–Crippen LogP) is 2.61. The molecule has 1 N–H and O–H groups in total. The summed E-state index contributed by atoms with van der Waals surface area (Å²) in [5.74, 6) is -0.425. The number of carbonyl (C=O) groups is 1. The van der Waals surface area contributed by atoms with Crippen LogP contribution in [0.15, 0.2) is 58.5 Å². The molecule has 1 aliphatic heterocycles. The first-order valence-electron chi connectivity index (χ1n) is 9.94. The summed E-state index contributed by atoms with van der Waals surface area (Å²) in [5.41, 5.74) is 5.57. The summed E-state index contributed by atoms with van der Waals surface area (Å²) in [5, 5.41) is 4.04. The van der Waals surface area contributed by atoms with E-state index >= 15 is 0 Å². The molecule has 8 heteroatoms. The molecule has 2 aromatic rings. The lowest BCUT2D eigenvalue weighted by atomic mass is 9.98. The summed E-state index contributed by atoms with van der Waals surface area (Å²) >= 11 is 0. The van der Waals surface area contributed by atoms with Crippen LogP contribution in [0.3, 0.4) is 0 Å². The number of hydrogen-bond acceptors (Lipinski definition) is 5. The lowest BCUT2D eigenvalue weighted by Gasteiger charge is -2.30. The molecule has 2 aromatic carbocycles. The van der Waals surface area contributed by atoms with Crippen molar-refractivity contribution in [2.24, 2.45) is 11.0 Å².